The molecule has 0 aliphatic rings. The SMILES string of the molecule is CC(N)OC(N)=O.Nc1nc(N)nc(N)n1. The third kappa shape index (κ3) is 7.08. The number of hydrogen-bond donors (Lipinski definition) is 5. The smallest absolute Gasteiger partial charge is 0.406 e. The van der Waals surface area contributed by atoms with Crippen LogP contribution in [0.25, 0.3) is 0 Å². The summed E-state index contributed by atoms with van der Waals surface area (Å²) < 4.78 is 4.17. The van der Waals surface area contributed by atoms with E-state index in [1.54, 1.807) is 0 Å². The molecule has 0 aliphatic carbocycles. The molecule has 0 saturated heterocycles. The summed E-state index contributed by atoms with van der Waals surface area (Å²) >= 11 is 0. The van der Waals surface area contributed by atoms with Crippen LogP contribution in [-0.4, -0.2) is 27.3 Å². The van der Waals surface area contributed by atoms with Gasteiger partial charge in [-0.25, -0.2) is 4.79 Å². The summed E-state index contributed by atoms with van der Waals surface area (Å²) in [7, 11) is 0. The number of nitrogen functional groups attached to an aromatic ring is 3. The van der Waals surface area contributed by atoms with E-state index in [0.29, 0.717) is 0 Å². The molecule has 0 bridgehead atoms. The fraction of sp³-hybridized carbons (Fsp3) is 0.333. The second-order valence-electron chi connectivity index (χ2n) is 2.55. The van der Waals surface area contributed by atoms with E-state index in [2.05, 4.69) is 25.4 Å². The van der Waals surface area contributed by atoms with Gasteiger partial charge in [0.1, 0.15) is 6.23 Å². The molecule has 0 saturated carbocycles. The summed E-state index contributed by atoms with van der Waals surface area (Å²) in [6, 6.07) is 0. The summed E-state index contributed by atoms with van der Waals surface area (Å²) in [5, 5.41) is 0. The molecule has 0 aliphatic heterocycles. The lowest BCUT2D eigenvalue weighted by atomic mass is 10.7. The normalized spacial score (nSPS) is 10.9. The Balaban J connectivity index is 0.000000293. The molecule has 10 nitrogen and oxygen atoms in total. The first-order valence-electron chi connectivity index (χ1n) is 4.05. The average molecular weight is 230 g/mol. The number of nitrogens with two attached hydrogens (primary N) is 5. The predicted octanol–water partition coefficient (Wildman–Crippen LogP) is -2.00. The van der Waals surface area contributed by atoms with Gasteiger partial charge in [-0.2, -0.15) is 15.0 Å². The molecule has 0 fully saturated rings. The van der Waals surface area contributed by atoms with Crippen LogP contribution >= 0.6 is 0 Å². The molecule has 1 aromatic heterocycles. The van der Waals surface area contributed by atoms with E-state index < -0.39 is 12.3 Å². The summed E-state index contributed by atoms with van der Waals surface area (Å²) in [6.45, 7) is 1.52. The minimum atomic E-state index is -0.838. The molecule has 1 aromatic rings. The maximum atomic E-state index is 9.73. The Hall–Kier alpha value is -2.36. The molecule has 1 unspecified atom stereocenters. The molecule has 1 atom stereocenters. The number of carbonyl (C=O) groups excluding carboxylic acids is 1. The molecule has 90 valence electrons. The summed E-state index contributed by atoms with van der Waals surface area (Å²) in [5.74, 6) is 0.125. The maximum absolute atomic E-state index is 9.73. The van der Waals surface area contributed by atoms with Crippen molar-refractivity contribution in [2.45, 2.75) is 13.2 Å². The van der Waals surface area contributed by atoms with Gasteiger partial charge < -0.3 is 27.7 Å². The minimum Gasteiger partial charge on any atom is -0.431 e. The molecule has 0 spiro atoms. The van der Waals surface area contributed by atoms with Crippen molar-refractivity contribution in [3.05, 3.63) is 0 Å². The van der Waals surface area contributed by atoms with E-state index in [1.165, 1.54) is 6.92 Å². The number of anilines is 3. The van der Waals surface area contributed by atoms with E-state index in [1.807, 2.05) is 0 Å². The fourth-order valence-corrected chi connectivity index (χ4v) is 0.610. The van der Waals surface area contributed by atoms with Crippen LogP contribution in [0.15, 0.2) is 0 Å². The summed E-state index contributed by atoms with van der Waals surface area (Å²) in [6.07, 6.45) is -1.44. The van der Waals surface area contributed by atoms with E-state index in [9.17, 15) is 4.79 Å². The molecule has 1 amide bonds. The molecule has 10 N–H and O–H groups in total. The molecular formula is C6H14N8O2. The minimum absolute atomic E-state index is 0.0417. The zero-order chi connectivity index (χ0) is 12.7. The number of ether oxygens (including phenoxy) is 1. The fourth-order valence-electron chi connectivity index (χ4n) is 0.610. The van der Waals surface area contributed by atoms with Gasteiger partial charge in [0, 0.05) is 0 Å². The predicted molar refractivity (Wildman–Crippen MR) is 57.4 cm³/mol. The molecule has 1 rings (SSSR count). The van der Waals surface area contributed by atoms with Gasteiger partial charge in [-0.3, -0.25) is 5.73 Å². The van der Waals surface area contributed by atoms with Gasteiger partial charge in [0.15, 0.2) is 0 Å². The van der Waals surface area contributed by atoms with Gasteiger partial charge in [0.2, 0.25) is 17.8 Å². The maximum Gasteiger partial charge on any atom is 0.406 e. The Morgan fingerprint density at radius 3 is 1.56 bits per heavy atom. The van der Waals surface area contributed by atoms with E-state index in [-0.39, 0.29) is 17.8 Å². The third-order valence-electron chi connectivity index (χ3n) is 0.989. The van der Waals surface area contributed by atoms with Crippen molar-refractivity contribution in [1.82, 2.24) is 15.0 Å². The highest BCUT2D eigenvalue weighted by molar-refractivity contribution is 5.64. The van der Waals surface area contributed by atoms with Gasteiger partial charge in [0.05, 0.1) is 0 Å². The second kappa shape index (κ2) is 6.19. The quantitative estimate of drug-likeness (QED) is 0.339. The topological polar surface area (TPSA) is 195 Å². The van der Waals surface area contributed by atoms with Gasteiger partial charge in [-0.1, -0.05) is 0 Å². The number of primary amides is 1. The molecular weight excluding hydrogens is 216 g/mol. The van der Waals surface area contributed by atoms with Crippen LogP contribution in [-0.2, 0) is 4.74 Å². The summed E-state index contributed by atoms with van der Waals surface area (Å²) in [5.41, 5.74) is 24.9. The zero-order valence-corrected chi connectivity index (χ0v) is 8.62. The van der Waals surface area contributed by atoms with Crippen molar-refractivity contribution in [2.75, 3.05) is 17.2 Å². The molecule has 1 heterocycles. The van der Waals surface area contributed by atoms with Gasteiger partial charge in [-0.15, -0.1) is 0 Å². The van der Waals surface area contributed by atoms with E-state index in [4.69, 9.17) is 22.9 Å². The van der Waals surface area contributed by atoms with Gasteiger partial charge in [-0.05, 0) is 6.92 Å². The lowest BCUT2D eigenvalue weighted by Crippen LogP contribution is -2.26. The monoisotopic (exact) mass is 230 g/mol. The lowest BCUT2D eigenvalue weighted by Gasteiger charge is -2.01. The molecule has 10 heteroatoms. The third-order valence-corrected chi connectivity index (χ3v) is 0.989. The first-order chi connectivity index (χ1) is 7.31. The first kappa shape index (κ1) is 13.6. The van der Waals surface area contributed by atoms with Crippen LogP contribution in [0, 0.1) is 0 Å². The van der Waals surface area contributed by atoms with Crippen LogP contribution in [0.5, 0.6) is 0 Å². The van der Waals surface area contributed by atoms with Crippen molar-refractivity contribution in [2.24, 2.45) is 11.5 Å². The Kier molecular flexibility index (Phi) is 5.27. The average Bonchev–Trinajstić information content (AvgIpc) is 1.97. The van der Waals surface area contributed by atoms with Crippen LogP contribution < -0.4 is 28.7 Å². The Labute approximate surface area is 91.2 Å². The second-order valence-corrected chi connectivity index (χ2v) is 2.55. The highest BCUT2D eigenvalue weighted by atomic mass is 16.6. The number of hydrogen-bond acceptors (Lipinski definition) is 9. The van der Waals surface area contributed by atoms with Crippen LogP contribution in [0.2, 0.25) is 0 Å². The van der Waals surface area contributed by atoms with Crippen molar-refractivity contribution in [1.29, 1.82) is 0 Å². The van der Waals surface area contributed by atoms with Crippen molar-refractivity contribution in [3.8, 4) is 0 Å². The van der Waals surface area contributed by atoms with Crippen molar-refractivity contribution >= 4 is 23.9 Å². The Morgan fingerprint density at radius 1 is 1.12 bits per heavy atom. The molecule has 0 radical (unpaired) electrons. The Morgan fingerprint density at radius 2 is 1.44 bits per heavy atom. The number of nitrogens with zero attached hydrogens (tertiary/aromatic N) is 3. The highest BCUT2D eigenvalue weighted by Crippen LogP contribution is 1.97. The van der Waals surface area contributed by atoms with Gasteiger partial charge >= 0.3 is 6.09 Å². The number of amides is 1. The molecule has 0 aromatic carbocycles. The number of aromatic nitrogens is 3. The van der Waals surface area contributed by atoms with Crippen LogP contribution in [0.4, 0.5) is 22.6 Å². The van der Waals surface area contributed by atoms with Crippen molar-refractivity contribution < 1.29 is 9.53 Å². The zero-order valence-electron chi connectivity index (χ0n) is 8.62. The largest absolute Gasteiger partial charge is 0.431 e. The van der Waals surface area contributed by atoms with E-state index >= 15 is 0 Å². The van der Waals surface area contributed by atoms with E-state index in [0.717, 1.165) is 0 Å². The van der Waals surface area contributed by atoms with Crippen molar-refractivity contribution in [3.63, 3.8) is 0 Å². The lowest BCUT2D eigenvalue weighted by molar-refractivity contribution is 0.119. The van der Waals surface area contributed by atoms with Gasteiger partial charge in [0.25, 0.3) is 0 Å². The standard InChI is InChI=1S/C3H6N6.C3H8N2O2/c4-1-7-2(5)9-3(6)8-1;1-2(4)7-3(5)6/h(H6,4,5,6,7,8,9);2H,4H2,1H3,(H2,5,6). The number of carbonyl (C=O) groups is 1. The number of rotatable bonds is 1. The van der Waals surface area contributed by atoms with Crippen LogP contribution in [0.3, 0.4) is 0 Å². The molecule has 16 heavy (non-hydrogen) atoms. The van der Waals surface area contributed by atoms with Crippen LogP contribution in [0.1, 0.15) is 6.92 Å². The Bertz CT molecular complexity index is 304. The first-order valence-corrected chi connectivity index (χ1v) is 4.05. The summed E-state index contributed by atoms with van der Waals surface area (Å²) in [4.78, 5) is 20.2. The highest BCUT2D eigenvalue weighted by Gasteiger charge is 1.94.